The van der Waals surface area contributed by atoms with Crippen LogP contribution in [0.3, 0.4) is 0 Å². The van der Waals surface area contributed by atoms with Crippen LogP contribution in [-0.2, 0) is 13.0 Å². The van der Waals surface area contributed by atoms with Crippen LogP contribution in [0.5, 0.6) is 5.75 Å². The number of rotatable bonds is 5. The Morgan fingerprint density at radius 1 is 1.45 bits per heavy atom. The molecule has 20 heavy (non-hydrogen) atoms. The van der Waals surface area contributed by atoms with E-state index < -0.39 is 0 Å². The predicted octanol–water partition coefficient (Wildman–Crippen LogP) is 3.63. The molecule has 3 rings (SSSR count). The third-order valence-electron chi connectivity index (χ3n) is 3.72. The molecule has 0 saturated heterocycles. The van der Waals surface area contributed by atoms with E-state index in [9.17, 15) is 0 Å². The molecule has 0 spiro atoms. The molecule has 0 fully saturated rings. The first-order valence-electron chi connectivity index (χ1n) is 7.16. The van der Waals surface area contributed by atoms with E-state index in [1.54, 1.807) is 11.3 Å². The van der Waals surface area contributed by atoms with Gasteiger partial charge in [-0.1, -0.05) is 19.1 Å². The maximum absolute atomic E-state index is 5.57. The van der Waals surface area contributed by atoms with Gasteiger partial charge in [-0.2, -0.15) is 0 Å². The number of benzene rings is 1. The zero-order valence-corrected chi connectivity index (χ0v) is 12.8. The lowest BCUT2D eigenvalue weighted by Crippen LogP contribution is -2.19. The highest BCUT2D eigenvalue weighted by Gasteiger charge is 2.16. The first-order chi connectivity index (χ1) is 9.76. The van der Waals surface area contributed by atoms with Gasteiger partial charge in [-0.25, -0.2) is 4.98 Å². The second-order valence-electron chi connectivity index (χ2n) is 5.15. The van der Waals surface area contributed by atoms with Gasteiger partial charge in [-0.15, -0.1) is 11.3 Å². The Hall–Kier alpha value is -1.39. The second-order valence-corrected chi connectivity index (χ2v) is 6.47. The summed E-state index contributed by atoms with van der Waals surface area (Å²) in [6.45, 7) is 5.98. The molecule has 1 unspecified atom stereocenters. The Morgan fingerprint density at radius 3 is 3.10 bits per heavy atom. The summed E-state index contributed by atoms with van der Waals surface area (Å²) in [4.78, 5) is 5.60. The van der Waals surface area contributed by atoms with Crippen LogP contribution >= 0.6 is 11.3 Å². The van der Waals surface area contributed by atoms with Crippen molar-refractivity contribution in [1.82, 2.24) is 10.3 Å². The largest absolute Gasteiger partial charge is 0.493 e. The molecule has 0 bridgehead atoms. The highest BCUT2D eigenvalue weighted by atomic mass is 32.1. The highest BCUT2D eigenvalue weighted by Crippen LogP contribution is 2.29. The lowest BCUT2D eigenvalue weighted by Gasteiger charge is -2.17. The molecule has 0 saturated carbocycles. The number of hydrogen-bond acceptors (Lipinski definition) is 4. The fraction of sp³-hybridized carbons (Fsp3) is 0.438. The van der Waals surface area contributed by atoms with Crippen LogP contribution in [0.25, 0.3) is 0 Å². The minimum absolute atomic E-state index is 0.392. The van der Waals surface area contributed by atoms with Crippen LogP contribution in [0, 0.1) is 6.92 Å². The van der Waals surface area contributed by atoms with Gasteiger partial charge < -0.3 is 10.1 Å². The number of aryl methyl sites for hydroxylation is 1. The van der Waals surface area contributed by atoms with Crippen molar-refractivity contribution in [1.29, 1.82) is 0 Å². The molecular weight excluding hydrogens is 268 g/mol. The Kier molecular flexibility index (Phi) is 4.03. The zero-order valence-electron chi connectivity index (χ0n) is 12.0. The molecule has 1 aliphatic heterocycles. The topological polar surface area (TPSA) is 34.2 Å². The van der Waals surface area contributed by atoms with E-state index in [2.05, 4.69) is 35.4 Å². The summed E-state index contributed by atoms with van der Waals surface area (Å²) in [5.74, 6) is 1.06. The molecule has 2 aromatic rings. The van der Waals surface area contributed by atoms with Gasteiger partial charge in [0.05, 0.1) is 11.6 Å². The normalized spacial score (nSPS) is 14.9. The Bertz CT molecular complexity index is 594. The van der Waals surface area contributed by atoms with Crippen molar-refractivity contribution in [3.63, 3.8) is 0 Å². The van der Waals surface area contributed by atoms with Gasteiger partial charge in [0.25, 0.3) is 0 Å². The molecule has 1 aliphatic rings. The van der Waals surface area contributed by atoms with Gasteiger partial charge in [-0.3, -0.25) is 0 Å². The molecule has 2 heterocycles. The Labute approximate surface area is 124 Å². The molecule has 1 N–H and O–H groups in total. The monoisotopic (exact) mass is 288 g/mol. The van der Waals surface area contributed by atoms with Gasteiger partial charge in [0, 0.05) is 30.1 Å². The number of hydrogen-bond donors (Lipinski definition) is 1. The van der Waals surface area contributed by atoms with Gasteiger partial charge in [0.2, 0.25) is 0 Å². The number of thiazole rings is 1. The predicted molar refractivity (Wildman–Crippen MR) is 82.4 cm³/mol. The van der Waals surface area contributed by atoms with Crippen molar-refractivity contribution in [3.05, 3.63) is 45.4 Å². The fourth-order valence-electron chi connectivity index (χ4n) is 2.63. The van der Waals surface area contributed by atoms with Crippen molar-refractivity contribution in [2.24, 2.45) is 0 Å². The minimum Gasteiger partial charge on any atom is -0.493 e. The van der Waals surface area contributed by atoms with Gasteiger partial charge in [-0.05, 0) is 30.5 Å². The molecular formula is C16H20N2OS. The number of nitrogens with zero attached hydrogens (tertiary/aromatic N) is 1. The first-order valence-corrected chi connectivity index (χ1v) is 7.98. The molecule has 0 aliphatic carbocycles. The summed E-state index contributed by atoms with van der Waals surface area (Å²) in [5.41, 5.74) is 2.70. The van der Waals surface area contributed by atoms with E-state index in [4.69, 9.17) is 4.74 Å². The zero-order chi connectivity index (χ0) is 13.9. The molecule has 1 aromatic heterocycles. The lowest BCUT2D eigenvalue weighted by molar-refractivity contribution is 0.356. The fourth-order valence-corrected chi connectivity index (χ4v) is 3.38. The van der Waals surface area contributed by atoms with E-state index in [0.717, 1.165) is 36.8 Å². The smallest absolute Gasteiger partial charge is 0.122 e. The number of ether oxygens (including phenoxy) is 1. The van der Waals surface area contributed by atoms with Crippen molar-refractivity contribution in [2.75, 3.05) is 6.61 Å². The van der Waals surface area contributed by atoms with Crippen LogP contribution in [-0.4, -0.2) is 11.6 Å². The van der Waals surface area contributed by atoms with Crippen LogP contribution < -0.4 is 10.1 Å². The second kappa shape index (κ2) is 5.94. The first kappa shape index (κ1) is 13.6. The summed E-state index contributed by atoms with van der Waals surface area (Å²) in [7, 11) is 0. The molecule has 3 nitrogen and oxygen atoms in total. The Balaban J connectivity index is 1.69. The molecule has 1 atom stereocenters. The van der Waals surface area contributed by atoms with Crippen LogP contribution in [0.2, 0.25) is 0 Å². The van der Waals surface area contributed by atoms with Crippen molar-refractivity contribution >= 4 is 11.3 Å². The van der Waals surface area contributed by atoms with Crippen LogP contribution in [0.1, 0.15) is 40.4 Å². The van der Waals surface area contributed by atoms with Gasteiger partial charge in [0.1, 0.15) is 5.75 Å². The number of fused-ring (bicyclic) bond motifs is 1. The lowest BCUT2D eigenvalue weighted by atomic mass is 10.0. The number of nitrogens with one attached hydrogen (secondary N) is 1. The molecule has 4 heteroatoms. The van der Waals surface area contributed by atoms with Crippen molar-refractivity contribution < 1.29 is 4.74 Å². The number of aromatic nitrogens is 1. The maximum Gasteiger partial charge on any atom is 0.122 e. The third kappa shape index (κ3) is 2.86. The molecule has 0 amide bonds. The van der Waals surface area contributed by atoms with Crippen LogP contribution in [0.15, 0.2) is 24.4 Å². The third-order valence-corrected chi connectivity index (χ3v) is 4.63. The van der Waals surface area contributed by atoms with E-state index in [0.29, 0.717) is 6.04 Å². The van der Waals surface area contributed by atoms with E-state index in [-0.39, 0.29) is 0 Å². The summed E-state index contributed by atoms with van der Waals surface area (Å²) in [6.07, 6.45) is 4.08. The average Bonchev–Trinajstić information content (AvgIpc) is 3.07. The standard InChI is InChI=1S/C16H20N2OS/c1-3-15(18-10-14-9-17-11(2)20-14)12-4-5-16-13(8-12)6-7-19-16/h4-5,8-9,15,18H,3,6-7,10H2,1-2H3. The average molecular weight is 288 g/mol. The minimum atomic E-state index is 0.392. The molecule has 106 valence electrons. The van der Waals surface area contributed by atoms with E-state index in [1.165, 1.54) is 16.0 Å². The SMILES string of the molecule is CCC(NCc1cnc(C)s1)c1ccc2c(c1)CCO2. The summed E-state index contributed by atoms with van der Waals surface area (Å²) >= 11 is 1.76. The molecule has 1 aromatic carbocycles. The summed E-state index contributed by atoms with van der Waals surface area (Å²) in [6, 6.07) is 6.98. The van der Waals surface area contributed by atoms with Crippen molar-refractivity contribution in [3.8, 4) is 5.75 Å². The van der Waals surface area contributed by atoms with Gasteiger partial charge >= 0.3 is 0 Å². The van der Waals surface area contributed by atoms with Gasteiger partial charge in [0.15, 0.2) is 0 Å². The van der Waals surface area contributed by atoms with E-state index >= 15 is 0 Å². The summed E-state index contributed by atoms with van der Waals surface area (Å²) < 4.78 is 5.57. The van der Waals surface area contributed by atoms with E-state index in [1.807, 2.05) is 13.1 Å². The highest BCUT2D eigenvalue weighted by molar-refractivity contribution is 7.11. The summed E-state index contributed by atoms with van der Waals surface area (Å²) in [5, 5.41) is 4.77. The quantitative estimate of drug-likeness (QED) is 0.912. The molecule has 0 radical (unpaired) electrons. The maximum atomic E-state index is 5.57. The van der Waals surface area contributed by atoms with Crippen LogP contribution in [0.4, 0.5) is 0 Å². The Morgan fingerprint density at radius 2 is 2.35 bits per heavy atom. The van der Waals surface area contributed by atoms with Crippen molar-refractivity contribution in [2.45, 2.75) is 39.3 Å².